The van der Waals surface area contributed by atoms with Crippen LogP contribution in [0.3, 0.4) is 0 Å². The molecule has 3 nitrogen and oxygen atoms in total. The molecule has 5 heteroatoms. The molecule has 2 N–H and O–H groups in total. The van der Waals surface area contributed by atoms with Gasteiger partial charge in [0.1, 0.15) is 10.8 Å². The summed E-state index contributed by atoms with van der Waals surface area (Å²) in [5, 5.41) is 0. The summed E-state index contributed by atoms with van der Waals surface area (Å²) in [6, 6.07) is 5.47. The minimum atomic E-state index is -0.265. The first-order valence-corrected chi connectivity index (χ1v) is 7.48. The number of nitrogens with zero attached hydrogens (tertiary/aromatic N) is 2. The number of rotatable bonds is 5. The molecule has 1 saturated heterocycles. The van der Waals surface area contributed by atoms with Gasteiger partial charge in [0.25, 0.3) is 0 Å². The van der Waals surface area contributed by atoms with E-state index >= 15 is 0 Å². The number of anilines is 1. The van der Waals surface area contributed by atoms with E-state index in [9.17, 15) is 4.39 Å². The zero-order valence-corrected chi connectivity index (χ0v) is 12.9. The third kappa shape index (κ3) is 3.27. The van der Waals surface area contributed by atoms with Crippen LogP contribution in [0.5, 0.6) is 0 Å². The second kappa shape index (κ2) is 6.50. The van der Waals surface area contributed by atoms with Crippen molar-refractivity contribution in [2.24, 2.45) is 5.73 Å². The molecule has 2 rings (SSSR count). The number of halogens is 1. The van der Waals surface area contributed by atoms with Gasteiger partial charge in [-0.1, -0.05) is 19.1 Å². The van der Waals surface area contributed by atoms with Crippen molar-refractivity contribution < 1.29 is 4.39 Å². The van der Waals surface area contributed by atoms with Crippen molar-refractivity contribution in [2.45, 2.75) is 25.8 Å². The summed E-state index contributed by atoms with van der Waals surface area (Å²) in [5.41, 5.74) is 6.70. The highest BCUT2D eigenvalue weighted by Crippen LogP contribution is 2.23. The lowest BCUT2D eigenvalue weighted by Gasteiger charge is -2.29. The number of nitrogens with two attached hydrogens (primary N) is 1. The highest BCUT2D eigenvalue weighted by molar-refractivity contribution is 7.80. The van der Waals surface area contributed by atoms with E-state index in [2.05, 4.69) is 11.8 Å². The van der Waals surface area contributed by atoms with Crippen LogP contribution in [-0.2, 0) is 0 Å². The fourth-order valence-corrected chi connectivity index (χ4v) is 3.03. The molecule has 0 bridgehead atoms. The topological polar surface area (TPSA) is 32.5 Å². The Balaban J connectivity index is 2.09. The van der Waals surface area contributed by atoms with Crippen LogP contribution in [0.25, 0.3) is 0 Å². The molecule has 1 aliphatic rings. The molecule has 20 heavy (non-hydrogen) atoms. The van der Waals surface area contributed by atoms with Crippen LogP contribution in [-0.4, -0.2) is 42.6 Å². The zero-order valence-electron chi connectivity index (χ0n) is 12.1. The summed E-state index contributed by atoms with van der Waals surface area (Å²) >= 11 is 4.87. The fraction of sp³-hybridized carbons (Fsp3) is 0.533. The summed E-state index contributed by atoms with van der Waals surface area (Å²) in [4.78, 5) is 4.67. The Bertz CT molecular complexity index is 492. The Morgan fingerprint density at radius 1 is 1.55 bits per heavy atom. The first-order valence-electron chi connectivity index (χ1n) is 7.07. The summed E-state index contributed by atoms with van der Waals surface area (Å²) in [6.07, 6.45) is 2.42. The highest BCUT2D eigenvalue weighted by atomic mass is 32.1. The van der Waals surface area contributed by atoms with Gasteiger partial charge in [0, 0.05) is 25.2 Å². The van der Waals surface area contributed by atoms with Crippen LogP contribution in [0.15, 0.2) is 18.2 Å². The maximum Gasteiger partial charge on any atom is 0.147 e. The van der Waals surface area contributed by atoms with Crippen LogP contribution in [0.4, 0.5) is 10.1 Å². The lowest BCUT2D eigenvalue weighted by molar-refractivity contribution is 0.270. The van der Waals surface area contributed by atoms with Crippen molar-refractivity contribution in [3.8, 4) is 0 Å². The van der Waals surface area contributed by atoms with E-state index in [-0.39, 0.29) is 10.8 Å². The minimum absolute atomic E-state index is 0.228. The molecule has 1 unspecified atom stereocenters. The molecule has 1 aliphatic heterocycles. The summed E-state index contributed by atoms with van der Waals surface area (Å²) in [6.45, 7) is 5.23. The maximum absolute atomic E-state index is 14.1. The predicted molar refractivity (Wildman–Crippen MR) is 85.8 cm³/mol. The lowest BCUT2D eigenvalue weighted by atomic mass is 10.1. The second-order valence-electron chi connectivity index (χ2n) is 5.34. The van der Waals surface area contributed by atoms with E-state index in [1.807, 2.05) is 11.9 Å². The monoisotopic (exact) mass is 295 g/mol. The minimum Gasteiger partial charge on any atom is -0.389 e. The molecular weight excluding hydrogens is 273 g/mol. The third-order valence-electron chi connectivity index (χ3n) is 4.03. The lowest BCUT2D eigenvalue weighted by Crippen LogP contribution is -2.39. The maximum atomic E-state index is 14.1. The Kier molecular flexibility index (Phi) is 4.94. The molecule has 0 spiro atoms. The molecule has 0 amide bonds. The molecule has 1 heterocycles. The smallest absolute Gasteiger partial charge is 0.147 e. The first-order chi connectivity index (χ1) is 9.52. The first kappa shape index (κ1) is 15.2. The number of hydrogen-bond donors (Lipinski definition) is 1. The van der Waals surface area contributed by atoms with Crippen molar-refractivity contribution in [2.75, 3.05) is 31.6 Å². The van der Waals surface area contributed by atoms with Gasteiger partial charge in [0.2, 0.25) is 0 Å². The normalized spacial score (nSPS) is 19.2. The quantitative estimate of drug-likeness (QED) is 0.846. The van der Waals surface area contributed by atoms with Gasteiger partial charge >= 0.3 is 0 Å². The van der Waals surface area contributed by atoms with Crippen molar-refractivity contribution in [1.29, 1.82) is 0 Å². The standard InChI is InChI=1S/C15H22FN3S/c1-3-19-8-4-5-12(19)10-18(2)14-7-6-11(15(17)20)9-13(14)16/h6-7,9,12H,3-5,8,10H2,1-2H3,(H2,17,20). The number of likely N-dealkylation sites (N-methyl/N-ethyl adjacent to an activating group) is 2. The molecule has 1 atom stereocenters. The van der Waals surface area contributed by atoms with Gasteiger partial charge in [0.15, 0.2) is 0 Å². The van der Waals surface area contributed by atoms with Crippen LogP contribution in [0.2, 0.25) is 0 Å². The molecular formula is C15H22FN3S. The van der Waals surface area contributed by atoms with E-state index in [4.69, 9.17) is 18.0 Å². The van der Waals surface area contributed by atoms with E-state index in [1.165, 1.54) is 18.9 Å². The van der Waals surface area contributed by atoms with Gasteiger partial charge < -0.3 is 10.6 Å². The van der Waals surface area contributed by atoms with Gasteiger partial charge in [0.05, 0.1) is 5.69 Å². The van der Waals surface area contributed by atoms with Gasteiger partial charge in [-0.15, -0.1) is 0 Å². The van der Waals surface area contributed by atoms with E-state index in [1.54, 1.807) is 12.1 Å². The van der Waals surface area contributed by atoms with Crippen molar-refractivity contribution in [3.63, 3.8) is 0 Å². The third-order valence-corrected chi connectivity index (χ3v) is 4.27. The highest BCUT2D eigenvalue weighted by Gasteiger charge is 2.24. The molecule has 1 aromatic rings. The average Bonchev–Trinajstić information content (AvgIpc) is 2.85. The number of hydrogen-bond acceptors (Lipinski definition) is 3. The molecule has 0 aromatic heterocycles. The van der Waals surface area contributed by atoms with Gasteiger partial charge in [-0.25, -0.2) is 4.39 Å². The molecule has 0 radical (unpaired) electrons. The molecule has 1 aromatic carbocycles. The Morgan fingerprint density at radius 2 is 2.30 bits per heavy atom. The number of likely N-dealkylation sites (tertiary alicyclic amines) is 1. The van der Waals surface area contributed by atoms with Crippen LogP contribution < -0.4 is 10.6 Å². The van der Waals surface area contributed by atoms with E-state index < -0.39 is 0 Å². The van der Waals surface area contributed by atoms with Crippen LogP contribution in [0.1, 0.15) is 25.3 Å². The second-order valence-corrected chi connectivity index (χ2v) is 5.78. The summed E-state index contributed by atoms with van der Waals surface area (Å²) < 4.78 is 14.1. The van der Waals surface area contributed by atoms with Crippen LogP contribution >= 0.6 is 12.2 Å². The molecule has 0 aliphatic carbocycles. The number of thiocarbonyl (C=S) groups is 1. The van der Waals surface area contributed by atoms with Gasteiger partial charge in [-0.2, -0.15) is 0 Å². The molecule has 1 fully saturated rings. The van der Waals surface area contributed by atoms with Gasteiger partial charge in [-0.05, 0) is 44.1 Å². The summed E-state index contributed by atoms with van der Waals surface area (Å²) in [7, 11) is 1.94. The Morgan fingerprint density at radius 3 is 2.90 bits per heavy atom. The Labute approximate surface area is 125 Å². The average molecular weight is 295 g/mol. The molecule has 0 saturated carbocycles. The SMILES string of the molecule is CCN1CCCC1CN(C)c1ccc(C(N)=S)cc1F. The van der Waals surface area contributed by atoms with E-state index in [0.29, 0.717) is 17.3 Å². The van der Waals surface area contributed by atoms with E-state index in [0.717, 1.165) is 19.6 Å². The van der Waals surface area contributed by atoms with Crippen LogP contribution in [0, 0.1) is 5.82 Å². The predicted octanol–water partition coefficient (Wildman–Crippen LogP) is 2.38. The summed E-state index contributed by atoms with van der Waals surface area (Å²) in [5.74, 6) is -0.265. The van der Waals surface area contributed by atoms with Crippen molar-refractivity contribution in [3.05, 3.63) is 29.6 Å². The molecule has 110 valence electrons. The Hall–Kier alpha value is -1.20. The number of benzene rings is 1. The van der Waals surface area contributed by atoms with Crippen molar-refractivity contribution in [1.82, 2.24) is 4.90 Å². The fourth-order valence-electron chi connectivity index (χ4n) is 2.90. The zero-order chi connectivity index (χ0) is 14.7. The van der Waals surface area contributed by atoms with Crippen molar-refractivity contribution >= 4 is 22.9 Å². The largest absolute Gasteiger partial charge is 0.389 e. The van der Waals surface area contributed by atoms with Gasteiger partial charge in [-0.3, -0.25) is 4.90 Å².